The molecule has 0 aliphatic carbocycles. The highest BCUT2D eigenvalue weighted by Gasteiger charge is 2.27. The van der Waals surface area contributed by atoms with E-state index in [0.29, 0.717) is 11.3 Å². The standard InChI is InChI=1S/C20H17ClN2O4S/c1-12(2)23(18(24)14-8-9-17(21)22-11-14)15-10-16(13-6-4-3-5-7-13)28-19(15)27-20(25)26/h3-12H,1-2H3,(H,25,26). The van der Waals surface area contributed by atoms with E-state index in [4.69, 9.17) is 21.4 Å². The molecule has 0 aliphatic rings. The van der Waals surface area contributed by atoms with Crippen LogP contribution in [0.3, 0.4) is 0 Å². The largest absolute Gasteiger partial charge is 0.512 e. The van der Waals surface area contributed by atoms with Crippen LogP contribution < -0.4 is 9.64 Å². The van der Waals surface area contributed by atoms with E-state index < -0.39 is 6.16 Å². The average molecular weight is 417 g/mol. The third-order valence-corrected chi connectivity index (χ3v) is 5.16. The van der Waals surface area contributed by atoms with Crippen molar-refractivity contribution >= 4 is 40.7 Å². The molecule has 0 fully saturated rings. The number of pyridine rings is 1. The SMILES string of the molecule is CC(C)N(C(=O)c1ccc(Cl)nc1)c1cc(-c2ccccc2)sc1OC(=O)O. The molecule has 2 aromatic heterocycles. The summed E-state index contributed by atoms with van der Waals surface area (Å²) in [5.74, 6) is -0.327. The summed E-state index contributed by atoms with van der Waals surface area (Å²) in [6, 6.07) is 14.1. The fraction of sp³-hybridized carbons (Fsp3) is 0.150. The number of benzene rings is 1. The van der Waals surface area contributed by atoms with Crippen molar-refractivity contribution in [1.29, 1.82) is 0 Å². The molecule has 144 valence electrons. The minimum Gasteiger partial charge on any atom is -0.449 e. The Morgan fingerprint density at radius 2 is 1.89 bits per heavy atom. The first-order chi connectivity index (χ1) is 13.4. The lowest BCUT2D eigenvalue weighted by atomic mass is 10.1. The van der Waals surface area contributed by atoms with Crippen LogP contribution in [0.5, 0.6) is 5.06 Å². The van der Waals surface area contributed by atoms with Crippen LogP contribution in [0.1, 0.15) is 24.2 Å². The lowest BCUT2D eigenvalue weighted by Crippen LogP contribution is -2.37. The second-order valence-electron chi connectivity index (χ2n) is 6.16. The summed E-state index contributed by atoms with van der Waals surface area (Å²) < 4.78 is 4.99. The molecule has 28 heavy (non-hydrogen) atoms. The predicted molar refractivity (Wildman–Crippen MR) is 110 cm³/mol. The number of hydrogen-bond acceptors (Lipinski definition) is 5. The molecule has 0 saturated carbocycles. The molecule has 0 bridgehead atoms. The first-order valence-corrected chi connectivity index (χ1v) is 9.61. The Labute approximate surface area is 171 Å². The molecule has 0 aliphatic heterocycles. The van der Waals surface area contributed by atoms with E-state index in [1.165, 1.54) is 28.5 Å². The fourth-order valence-corrected chi connectivity index (χ4v) is 3.80. The van der Waals surface area contributed by atoms with Gasteiger partial charge in [-0.2, -0.15) is 0 Å². The third-order valence-electron chi connectivity index (χ3n) is 3.89. The van der Waals surface area contributed by atoms with Crippen molar-refractivity contribution in [2.45, 2.75) is 19.9 Å². The van der Waals surface area contributed by atoms with Gasteiger partial charge in [-0.05, 0) is 37.6 Å². The van der Waals surface area contributed by atoms with Crippen molar-refractivity contribution in [2.24, 2.45) is 0 Å². The molecule has 0 spiro atoms. The fourth-order valence-electron chi connectivity index (χ4n) is 2.69. The van der Waals surface area contributed by atoms with Gasteiger partial charge in [-0.25, -0.2) is 9.78 Å². The van der Waals surface area contributed by atoms with Crippen LogP contribution >= 0.6 is 22.9 Å². The minimum absolute atomic E-state index is 0.135. The highest BCUT2D eigenvalue weighted by atomic mass is 35.5. The zero-order chi connectivity index (χ0) is 20.3. The number of carboxylic acid groups (broad SMARTS) is 1. The molecular formula is C20H17ClN2O4S. The van der Waals surface area contributed by atoms with Gasteiger partial charge in [0.15, 0.2) is 0 Å². The van der Waals surface area contributed by atoms with E-state index in [-0.39, 0.29) is 22.2 Å². The summed E-state index contributed by atoms with van der Waals surface area (Å²) in [5.41, 5.74) is 1.63. The summed E-state index contributed by atoms with van der Waals surface area (Å²) in [5, 5.41) is 9.55. The topological polar surface area (TPSA) is 79.7 Å². The summed E-state index contributed by atoms with van der Waals surface area (Å²) in [6.07, 6.45) is -0.0468. The number of carbonyl (C=O) groups is 2. The van der Waals surface area contributed by atoms with Crippen LogP contribution in [0.4, 0.5) is 10.5 Å². The summed E-state index contributed by atoms with van der Waals surface area (Å²) >= 11 is 6.98. The molecule has 1 aromatic carbocycles. The van der Waals surface area contributed by atoms with E-state index in [9.17, 15) is 9.59 Å². The zero-order valence-corrected chi connectivity index (χ0v) is 16.7. The second-order valence-corrected chi connectivity index (χ2v) is 7.56. The Morgan fingerprint density at radius 3 is 2.46 bits per heavy atom. The Hall–Kier alpha value is -2.90. The normalized spacial score (nSPS) is 10.7. The van der Waals surface area contributed by atoms with Gasteiger partial charge in [0, 0.05) is 17.1 Å². The number of aromatic nitrogens is 1. The van der Waals surface area contributed by atoms with Crippen LogP contribution in [-0.4, -0.2) is 28.2 Å². The van der Waals surface area contributed by atoms with Crippen LogP contribution in [0.2, 0.25) is 5.15 Å². The van der Waals surface area contributed by atoms with Gasteiger partial charge in [-0.3, -0.25) is 4.79 Å². The van der Waals surface area contributed by atoms with Crippen molar-refractivity contribution in [1.82, 2.24) is 4.98 Å². The molecule has 2 heterocycles. The second kappa shape index (κ2) is 8.41. The number of carbonyl (C=O) groups excluding carboxylic acids is 1. The maximum absolute atomic E-state index is 13.1. The van der Waals surface area contributed by atoms with Gasteiger partial charge >= 0.3 is 6.16 Å². The van der Waals surface area contributed by atoms with E-state index in [2.05, 4.69) is 4.98 Å². The smallest absolute Gasteiger partial charge is 0.449 e. The molecule has 1 amide bonds. The van der Waals surface area contributed by atoms with E-state index in [1.54, 1.807) is 12.1 Å². The summed E-state index contributed by atoms with van der Waals surface area (Å²) in [4.78, 5) is 30.6. The molecular weight excluding hydrogens is 400 g/mol. The molecule has 3 aromatic rings. The monoisotopic (exact) mass is 416 g/mol. The van der Waals surface area contributed by atoms with E-state index >= 15 is 0 Å². The number of amides is 1. The lowest BCUT2D eigenvalue weighted by Gasteiger charge is -2.26. The molecule has 0 saturated heterocycles. The molecule has 1 N–H and O–H groups in total. The Kier molecular flexibility index (Phi) is 5.96. The van der Waals surface area contributed by atoms with Crippen molar-refractivity contribution in [3.63, 3.8) is 0 Å². The van der Waals surface area contributed by atoms with Gasteiger partial charge in [0.2, 0.25) is 5.06 Å². The van der Waals surface area contributed by atoms with Gasteiger partial charge in [-0.1, -0.05) is 53.3 Å². The number of halogens is 1. The van der Waals surface area contributed by atoms with Crippen LogP contribution in [0, 0.1) is 0 Å². The van der Waals surface area contributed by atoms with Gasteiger partial charge in [-0.15, -0.1) is 0 Å². The molecule has 8 heteroatoms. The van der Waals surface area contributed by atoms with E-state index in [0.717, 1.165) is 10.4 Å². The Bertz CT molecular complexity index is 987. The maximum atomic E-state index is 13.1. The summed E-state index contributed by atoms with van der Waals surface area (Å²) in [7, 11) is 0. The predicted octanol–water partition coefficient (Wildman–Crippen LogP) is 5.58. The van der Waals surface area contributed by atoms with Crippen molar-refractivity contribution in [3.05, 3.63) is 65.4 Å². The molecule has 0 unspecified atom stereocenters. The molecule has 0 radical (unpaired) electrons. The van der Waals surface area contributed by atoms with Gasteiger partial charge in [0.05, 0.1) is 11.3 Å². The Balaban J connectivity index is 2.08. The Morgan fingerprint density at radius 1 is 1.18 bits per heavy atom. The number of nitrogens with zero attached hydrogens (tertiary/aromatic N) is 2. The average Bonchev–Trinajstić information content (AvgIpc) is 3.05. The van der Waals surface area contributed by atoms with E-state index in [1.807, 2.05) is 44.2 Å². The van der Waals surface area contributed by atoms with Gasteiger partial charge in [0.1, 0.15) is 5.15 Å². The van der Waals surface area contributed by atoms with Crippen LogP contribution in [0.25, 0.3) is 10.4 Å². The minimum atomic E-state index is -1.44. The van der Waals surface area contributed by atoms with Crippen molar-refractivity contribution in [2.75, 3.05) is 4.90 Å². The molecule has 6 nitrogen and oxygen atoms in total. The highest BCUT2D eigenvalue weighted by molar-refractivity contribution is 7.18. The number of anilines is 1. The lowest BCUT2D eigenvalue weighted by molar-refractivity contribution is 0.0978. The van der Waals surface area contributed by atoms with Gasteiger partial charge in [0.25, 0.3) is 5.91 Å². The first-order valence-electron chi connectivity index (χ1n) is 8.42. The van der Waals surface area contributed by atoms with Crippen LogP contribution in [0.15, 0.2) is 54.7 Å². The molecule has 0 atom stereocenters. The molecule has 3 rings (SSSR count). The number of ether oxygens (including phenoxy) is 1. The quantitative estimate of drug-likeness (QED) is 0.434. The maximum Gasteiger partial charge on any atom is 0.512 e. The summed E-state index contributed by atoms with van der Waals surface area (Å²) in [6.45, 7) is 3.68. The zero-order valence-electron chi connectivity index (χ0n) is 15.1. The first kappa shape index (κ1) is 19.9. The number of hydrogen-bond donors (Lipinski definition) is 1. The van der Waals surface area contributed by atoms with Crippen LogP contribution in [-0.2, 0) is 0 Å². The number of thiophene rings is 1. The van der Waals surface area contributed by atoms with Gasteiger partial charge < -0.3 is 14.7 Å². The third kappa shape index (κ3) is 4.32. The van der Waals surface area contributed by atoms with Crippen molar-refractivity contribution < 1.29 is 19.4 Å². The number of rotatable bonds is 5. The highest BCUT2D eigenvalue weighted by Crippen LogP contribution is 2.44. The van der Waals surface area contributed by atoms with Crippen molar-refractivity contribution in [3.8, 4) is 15.5 Å².